The van der Waals surface area contributed by atoms with Crippen LogP contribution in [0.2, 0.25) is 0 Å². The monoisotopic (exact) mass is 557 g/mol. The number of benzene rings is 1. The van der Waals surface area contributed by atoms with Crippen LogP contribution in [-0.2, 0) is 17.8 Å². The number of carboxylic acid groups (broad SMARTS) is 1. The second-order valence-corrected chi connectivity index (χ2v) is 11.7. The normalized spacial score (nSPS) is 11.9. The minimum absolute atomic E-state index is 0.0399. The third-order valence-electron chi connectivity index (χ3n) is 6.90. The second-order valence-electron chi connectivity index (χ2n) is 11.7. The summed E-state index contributed by atoms with van der Waals surface area (Å²) in [5.74, 6) is -0.176. The van der Waals surface area contributed by atoms with Crippen molar-refractivity contribution in [3.63, 3.8) is 0 Å². The summed E-state index contributed by atoms with van der Waals surface area (Å²) in [5, 5.41) is 9.99. The van der Waals surface area contributed by atoms with Crippen LogP contribution in [0.5, 0.6) is 11.5 Å². The van der Waals surface area contributed by atoms with Crippen LogP contribution in [0.4, 0.5) is 5.82 Å². The SMILES string of the molecule is COc1ccc(C(=O)c2c(CC(C)(C)C(=O)O)c(C(=O)C(C)(C)C)c3cc(OCc4cccc(N)n4)ccn23)cc1. The molecule has 41 heavy (non-hydrogen) atoms. The zero-order valence-electron chi connectivity index (χ0n) is 24.1. The van der Waals surface area contributed by atoms with Gasteiger partial charge in [0.05, 0.1) is 29.4 Å². The number of hydrogen-bond acceptors (Lipinski definition) is 7. The van der Waals surface area contributed by atoms with Crippen LogP contribution >= 0.6 is 0 Å². The van der Waals surface area contributed by atoms with E-state index in [-0.39, 0.29) is 30.3 Å². The van der Waals surface area contributed by atoms with E-state index in [1.54, 1.807) is 99.8 Å². The van der Waals surface area contributed by atoms with Gasteiger partial charge in [-0.05, 0) is 68.3 Å². The molecule has 0 atom stereocenters. The first-order chi connectivity index (χ1) is 19.2. The number of aliphatic carboxylic acids is 1. The van der Waals surface area contributed by atoms with Crippen LogP contribution in [-0.4, -0.2) is 39.1 Å². The van der Waals surface area contributed by atoms with E-state index in [9.17, 15) is 19.5 Å². The Kier molecular flexibility index (Phi) is 7.92. The van der Waals surface area contributed by atoms with Crippen molar-refractivity contribution in [3.8, 4) is 11.5 Å². The predicted molar refractivity (Wildman–Crippen MR) is 156 cm³/mol. The summed E-state index contributed by atoms with van der Waals surface area (Å²) in [4.78, 5) is 44.5. The summed E-state index contributed by atoms with van der Waals surface area (Å²) in [6.45, 7) is 8.68. The fourth-order valence-electron chi connectivity index (χ4n) is 4.56. The average molecular weight is 558 g/mol. The molecule has 0 saturated carbocycles. The van der Waals surface area contributed by atoms with E-state index in [1.807, 2.05) is 0 Å². The van der Waals surface area contributed by atoms with Crippen molar-refractivity contribution >= 4 is 28.9 Å². The van der Waals surface area contributed by atoms with Gasteiger partial charge in [-0.15, -0.1) is 0 Å². The van der Waals surface area contributed by atoms with Crippen molar-refractivity contribution in [2.75, 3.05) is 12.8 Å². The highest BCUT2D eigenvalue weighted by Crippen LogP contribution is 2.37. The number of methoxy groups -OCH3 is 1. The summed E-state index contributed by atoms with van der Waals surface area (Å²) in [5.41, 5.74) is 6.10. The Morgan fingerprint density at radius 1 is 0.976 bits per heavy atom. The third-order valence-corrected chi connectivity index (χ3v) is 6.90. The first-order valence-corrected chi connectivity index (χ1v) is 13.2. The van der Waals surface area contributed by atoms with Gasteiger partial charge in [0, 0.05) is 28.8 Å². The molecule has 0 radical (unpaired) electrons. The summed E-state index contributed by atoms with van der Waals surface area (Å²) < 4.78 is 12.9. The maximum absolute atomic E-state index is 14.1. The standard InChI is InChI=1S/C32H35N3O6/c1-31(2,3)29(37)26-23(17-32(4,5)30(38)39)27(28(36)19-10-12-21(40-6)13-11-19)35-15-14-22(16-24(26)35)41-18-20-8-7-9-25(33)34-20/h7-16H,17-18H2,1-6H3,(H2,33,34)(H,38,39). The van der Waals surface area contributed by atoms with Gasteiger partial charge in [0.25, 0.3) is 0 Å². The number of nitrogen functional groups attached to an aromatic ring is 1. The Labute approximate surface area is 238 Å². The first kappa shape index (κ1) is 29.3. The molecule has 4 rings (SSSR count). The molecule has 3 N–H and O–H groups in total. The molecule has 214 valence electrons. The number of Topliss-reactive ketones (excluding diaryl/α,β-unsaturated/α-hetero) is 1. The Hall–Kier alpha value is -4.66. The number of ketones is 2. The van der Waals surface area contributed by atoms with E-state index in [0.717, 1.165) is 0 Å². The van der Waals surface area contributed by atoms with E-state index in [1.165, 1.54) is 7.11 Å². The summed E-state index contributed by atoms with van der Waals surface area (Å²) in [6, 6.07) is 15.3. The molecule has 0 unspecified atom stereocenters. The molecule has 3 aromatic heterocycles. The maximum Gasteiger partial charge on any atom is 0.309 e. The van der Waals surface area contributed by atoms with Crippen LogP contribution in [0.3, 0.4) is 0 Å². The average Bonchev–Trinajstić information content (AvgIpc) is 3.22. The molecule has 9 heteroatoms. The first-order valence-electron chi connectivity index (χ1n) is 13.2. The van der Waals surface area contributed by atoms with Gasteiger partial charge < -0.3 is 24.7 Å². The number of carboxylic acids is 1. The number of pyridine rings is 2. The van der Waals surface area contributed by atoms with Crippen molar-refractivity contribution in [2.24, 2.45) is 10.8 Å². The van der Waals surface area contributed by atoms with Gasteiger partial charge >= 0.3 is 5.97 Å². The molecule has 4 aromatic rings. The van der Waals surface area contributed by atoms with E-state index < -0.39 is 16.8 Å². The number of fused-ring (bicyclic) bond motifs is 1. The summed E-state index contributed by atoms with van der Waals surface area (Å²) >= 11 is 0. The maximum atomic E-state index is 14.1. The molecule has 1 aromatic carbocycles. The number of anilines is 1. The van der Waals surface area contributed by atoms with E-state index in [2.05, 4.69) is 4.98 Å². The quantitative estimate of drug-likeness (QED) is 0.240. The van der Waals surface area contributed by atoms with Gasteiger partial charge in [-0.3, -0.25) is 14.4 Å². The molecule has 0 saturated heterocycles. The van der Waals surface area contributed by atoms with Crippen LogP contribution in [0.25, 0.3) is 5.52 Å². The number of ether oxygens (including phenoxy) is 2. The van der Waals surface area contributed by atoms with Crippen molar-refractivity contribution in [3.05, 3.63) is 88.9 Å². The molecular formula is C32H35N3O6. The highest BCUT2D eigenvalue weighted by atomic mass is 16.5. The van der Waals surface area contributed by atoms with E-state index >= 15 is 0 Å². The Morgan fingerprint density at radius 2 is 1.66 bits per heavy atom. The molecule has 3 heterocycles. The van der Waals surface area contributed by atoms with Gasteiger partial charge in [0.2, 0.25) is 5.78 Å². The van der Waals surface area contributed by atoms with Gasteiger partial charge in [0.15, 0.2) is 5.78 Å². The lowest BCUT2D eigenvalue weighted by atomic mass is 9.79. The van der Waals surface area contributed by atoms with Crippen molar-refractivity contribution in [2.45, 2.75) is 47.6 Å². The van der Waals surface area contributed by atoms with Crippen LogP contribution in [0, 0.1) is 10.8 Å². The lowest BCUT2D eigenvalue weighted by Gasteiger charge is -2.22. The highest BCUT2D eigenvalue weighted by Gasteiger charge is 2.37. The minimum Gasteiger partial charge on any atom is -0.497 e. The second kappa shape index (κ2) is 11.1. The fourth-order valence-corrected chi connectivity index (χ4v) is 4.56. The van der Waals surface area contributed by atoms with E-state index in [4.69, 9.17) is 15.2 Å². The number of hydrogen-bond donors (Lipinski definition) is 2. The number of nitrogens with zero attached hydrogens (tertiary/aromatic N) is 2. The molecule has 0 spiro atoms. The highest BCUT2D eigenvalue weighted by molar-refractivity contribution is 6.15. The van der Waals surface area contributed by atoms with Gasteiger partial charge in [-0.2, -0.15) is 0 Å². The third kappa shape index (κ3) is 6.09. The Bertz CT molecular complexity index is 1630. The lowest BCUT2D eigenvalue weighted by molar-refractivity contribution is -0.146. The van der Waals surface area contributed by atoms with Crippen LogP contribution in [0.1, 0.15) is 72.3 Å². The molecule has 9 nitrogen and oxygen atoms in total. The Morgan fingerprint density at radius 3 is 2.24 bits per heavy atom. The molecule has 0 bridgehead atoms. The number of aromatic nitrogens is 2. The molecule has 0 aliphatic rings. The molecule has 0 aliphatic carbocycles. The topological polar surface area (TPSA) is 133 Å². The van der Waals surface area contributed by atoms with E-state index in [0.29, 0.717) is 45.2 Å². The van der Waals surface area contributed by atoms with Gasteiger partial charge in [0.1, 0.15) is 23.9 Å². The number of carbonyl (C=O) groups excluding carboxylic acids is 2. The summed E-state index contributed by atoms with van der Waals surface area (Å²) in [6.07, 6.45) is 1.63. The van der Waals surface area contributed by atoms with Crippen LogP contribution < -0.4 is 15.2 Å². The van der Waals surface area contributed by atoms with Gasteiger partial charge in [-0.25, -0.2) is 4.98 Å². The lowest BCUT2D eigenvalue weighted by Crippen LogP contribution is -2.29. The molecule has 0 amide bonds. The van der Waals surface area contributed by atoms with Gasteiger partial charge in [-0.1, -0.05) is 26.8 Å². The van der Waals surface area contributed by atoms with Crippen LogP contribution in [0.15, 0.2) is 60.8 Å². The largest absolute Gasteiger partial charge is 0.497 e. The Balaban J connectivity index is 1.95. The smallest absolute Gasteiger partial charge is 0.309 e. The molecular weight excluding hydrogens is 522 g/mol. The number of nitrogens with two attached hydrogens (primary N) is 1. The number of carbonyl (C=O) groups is 3. The van der Waals surface area contributed by atoms with Crippen molar-refractivity contribution < 1.29 is 29.0 Å². The predicted octanol–water partition coefficient (Wildman–Crippen LogP) is 5.62. The van der Waals surface area contributed by atoms with Crippen molar-refractivity contribution in [1.29, 1.82) is 0 Å². The fraction of sp³-hybridized carbons (Fsp3) is 0.312. The zero-order chi connectivity index (χ0) is 30.1. The molecule has 0 fully saturated rings. The molecule has 0 aliphatic heterocycles. The summed E-state index contributed by atoms with van der Waals surface area (Å²) in [7, 11) is 1.54. The zero-order valence-corrected chi connectivity index (χ0v) is 24.1. The number of rotatable bonds is 10. The minimum atomic E-state index is -1.26. The van der Waals surface area contributed by atoms with Crippen molar-refractivity contribution in [1.82, 2.24) is 9.38 Å².